The quantitative estimate of drug-likeness (QED) is 0.705. The Morgan fingerprint density at radius 1 is 0.889 bits per heavy atom. The van der Waals surface area contributed by atoms with E-state index in [4.69, 9.17) is 0 Å². The van der Waals surface area contributed by atoms with Crippen LogP contribution in [0.25, 0.3) is 0 Å². The molecule has 27 heavy (non-hydrogen) atoms. The van der Waals surface area contributed by atoms with Crippen LogP contribution in [0.5, 0.6) is 0 Å². The average molecular weight is 363 g/mol. The summed E-state index contributed by atoms with van der Waals surface area (Å²) in [6, 6.07) is 16.7. The van der Waals surface area contributed by atoms with Gasteiger partial charge in [-0.1, -0.05) is 30.3 Å². The summed E-state index contributed by atoms with van der Waals surface area (Å²) in [5, 5.41) is 5.46. The number of carbonyl (C=O) groups excluding carboxylic acids is 2. The standard InChI is InChI=1S/C21H18FN3O2/c22-18-6-8-19(9-7-18)25-21(27)17-12-16(13-23-14-17)20(26)24-11-10-15-4-2-1-3-5-15/h1-9,12-14H,10-11H2,(H,24,26)(H,25,27). The third-order valence-electron chi connectivity index (χ3n) is 3.91. The number of aromatic nitrogens is 1. The van der Waals surface area contributed by atoms with Crippen LogP contribution >= 0.6 is 0 Å². The fraction of sp³-hybridized carbons (Fsp3) is 0.0952. The number of pyridine rings is 1. The van der Waals surface area contributed by atoms with Gasteiger partial charge in [0.1, 0.15) is 5.82 Å². The smallest absolute Gasteiger partial charge is 0.257 e. The van der Waals surface area contributed by atoms with Gasteiger partial charge in [0, 0.05) is 24.6 Å². The summed E-state index contributed by atoms with van der Waals surface area (Å²) >= 11 is 0. The maximum atomic E-state index is 12.9. The number of anilines is 1. The van der Waals surface area contributed by atoms with Crippen LogP contribution in [0.3, 0.4) is 0 Å². The van der Waals surface area contributed by atoms with E-state index in [9.17, 15) is 14.0 Å². The maximum Gasteiger partial charge on any atom is 0.257 e. The molecule has 0 bridgehead atoms. The van der Waals surface area contributed by atoms with E-state index in [2.05, 4.69) is 15.6 Å². The van der Waals surface area contributed by atoms with E-state index in [1.807, 2.05) is 30.3 Å². The molecule has 0 aliphatic carbocycles. The van der Waals surface area contributed by atoms with Crippen molar-refractivity contribution >= 4 is 17.5 Å². The molecule has 1 heterocycles. The van der Waals surface area contributed by atoms with Crippen LogP contribution in [-0.2, 0) is 6.42 Å². The van der Waals surface area contributed by atoms with Crippen LogP contribution in [0.4, 0.5) is 10.1 Å². The van der Waals surface area contributed by atoms with Gasteiger partial charge in [-0.2, -0.15) is 0 Å². The molecule has 0 aliphatic heterocycles. The molecule has 0 unspecified atom stereocenters. The molecule has 6 heteroatoms. The van der Waals surface area contributed by atoms with Crippen molar-refractivity contribution in [2.24, 2.45) is 0 Å². The molecule has 3 rings (SSSR count). The van der Waals surface area contributed by atoms with E-state index >= 15 is 0 Å². The first-order chi connectivity index (χ1) is 13.1. The van der Waals surface area contributed by atoms with Crippen molar-refractivity contribution in [1.29, 1.82) is 0 Å². The van der Waals surface area contributed by atoms with E-state index in [-0.39, 0.29) is 17.3 Å². The second-order valence-corrected chi connectivity index (χ2v) is 5.91. The zero-order valence-corrected chi connectivity index (χ0v) is 14.5. The van der Waals surface area contributed by atoms with E-state index in [0.29, 0.717) is 24.2 Å². The van der Waals surface area contributed by atoms with E-state index in [0.717, 1.165) is 5.56 Å². The maximum absolute atomic E-state index is 12.9. The van der Waals surface area contributed by atoms with Gasteiger partial charge < -0.3 is 10.6 Å². The van der Waals surface area contributed by atoms with Crippen molar-refractivity contribution in [2.75, 3.05) is 11.9 Å². The minimum absolute atomic E-state index is 0.245. The van der Waals surface area contributed by atoms with Gasteiger partial charge in [0.2, 0.25) is 0 Å². The Labute approximate surface area is 156 Å². The number of hydrogen-bond donors (Lipinski definition) is 2. The lowest BCUT2D eigenvalue weighted by atomic mass is 10.1. The molecule has 0 saturated heterocycles. The highest BCUT2D eigenvalue weighted by Gasteiger charge is 2.11. The van der Waals surface area contributed by atoms with Gasteiger partial charge >= 0.3 is 0 Å². The second kappa shape index (κ2) is 8.71. The number of hydrogen-bond acceptors (Lipinski definition) is 3. The number of nitrogens with zero attached hydrogens (tertiary/aromatic N) is 1. The van der Waals surface area contributed by atoms with Gasteiger partial charge in [-0.15, -0.1) is 0 Å². The lowest BCUT2D eigenvalue weighted by Crippen LogP contribution is -2.26. The lowest BCUT2D eigenvalue weighted by molar-refractivity contribution is 0.0953. The molecule has 0 fully saturated rings. The normalized spacial score (nSPS) is 10.3. The molecule has 0 radical (unpaired) electrons. The van der Waals surface area contributed by atoms with Gasteiger partial charge in [0.05, 0.1) is 11.1 Å². The van der Waals surface area contributed by atoms with Gasteiger partial charge in [-0.3, -0.25) is 14.6 Å². The molecule has 2 amide bonds. The summed E-state index contributed by atoms with van der Waals surface area (Å²) in [5.74, 6) is -1.10. The fourth-order valence-electron chi connectivity index (χ4n) is 2.49. The van der Waals surface area contributed by atoms with Crippen LogP contribution in [0.1, 0.15) is 26.3 Å². The van der Waals surface area contributed by atoms with Crippen LogP contribution in [-0.4, -0.2) is 23.3 Å². The molecular formula is C21H18FN3O2. The third kappa shape index (κ3) is 5.22. The van der Waals surface area contributed by atoms with Gasteiger partial charge in [0.15, 0.2) is 0 Å². The number of nitrogens with one attached hydrogen (secondary N) is 2. The third-order valence-corrected chi connectivity index (χ3v) is 3.91. The van der Waals surface area contributed by atoms with Crippen molar-refractivity contribution in [2.45, 2.75) is 6.42 Å². The Balaban J connectivity index is 1.59. The molecule has 2 N–H and O–H groups in total. The highest BCUT2D eigenvalue weighted by molar-refractivity contribution is 6.05. The Bertz CT molecular complexity index is 928. The monoisotopic (exact) mass is 363 g/mol. The van der Waals surface area contributed by atoms with E-state index in [1.54, 1.807) is 0 Å². The molecular weight excluding hydrogens is 345 g/mol. The van der Waals surface area contributed by atoms with Gasteiger partial charge in [0.25, 0.3) is 11.8 Å². The largest absolute Gasteiger partial charge is 0.352 e. The van der Waals surface area contributed by atoms with Gasteiger partial charge in [-0.25, -0.2) is 4.39 Å². The SMILES string of the molecule is O=C(NCCc1ccccc1)c1cncc(C(=O)Nc2ccc(F)cc2)c1. The molecule has 0 aliphatic rings. The minimum Gasteiger partial charge on any atom is -0.352 e. The summed E-state index contributed by atoms with van der Waals surface area (Å²) in [6.07, 6.45) is 3.50. The van der Waals surface area contributed by atoms with Crippen LogP contribution in [0.2, 0.25) is 0 Å². The van der Waals surface area contributed by atoms with Crippen LogP contribution in [0.15, 0.2) is 73.1 Å². The molecule has 1 aromatic heterocycles. The highest BCUT2D eigenvalue weighted by Crippen LogP contribution is 2.11. The average Bonchev–Trinajstić information content (AvgIpc) is 2.70. The minimum atomic E-state index is -0.423. The van der Waals surface area contributed by atoms with Crippen molar-refractivity contribution in [1.82, 2.24) is 10.3 Å². The van der Waals surface area contributed by atoms with Crippen molar-refractivity contribution in [3.63, 3.8) is 0 Å². The van der Waals surface area contributed by atoms with Crippen LogP contribution < -0.4 is 10.6 Å². The Hall–Kier alpha value is -3.54. The lowest BCUT2D eigenvalue weighted by Gasteiger charge is -2.08. The molecule has 2 aromatic carbocycles. The van der Waals surface area contributed by atoms with Crippen LogP contribution in [0, 0.1) is 5.82 Å². The first kappa shape index (κ1) is 18.3. The summed E-state index contributed by atoms with van der Waals surface area (Å²) < 4.78 is 12.9. The summed E-state index contributed by atoms with van der Waals surface area (Å²) in [7, 11) is 0. The number of halogens is 1. The van der Waals surface area contributed by atoms with Crippen molar-refractivity contribution in [3.05, 3.63) is 95.6 Å². The number of benzene rings is 2. The number of carbonyl (C=O) groups is 2. The Morgan fingerprint density at radius 2 is 1.56 bits per heavy atom. The van der Waals surface area contributed by atoms with Crippen molar-refractivity contribution < 1.29 is 14.0 Å². The summed E-state index contributed by atoms with van der Waals surface area (Å²) in [6.45, 7) is 0.481. The molecule has 5 nitrogen and oxygen atoms in total. The second-order valence-electron chi connectivity index (χ2n) is 5.91. The first-order valence-electron chi connectivity index (χ1n) is 8.46. The summed E-state index contributed by atoms with van der Waals surface area (Å²) in [5.41, 5.74) is 2.13. The molecule has 0 saturated carbocycles. The molecule has 0 atom stereocenters. The zero-order chi connectivity index (χ0) is 19.1. The van der Waals surface area contributed by atoms with E-state index < -0.39 is 5.91 Å². The fourth-order valence-corrected chi connectivity index (χ4v) is 2.49. The first-order valence-corrected chi connectivity index (χ1v) is 8.46. The topological polar surface area (TPSA) is 71.1 Å². The van der Waals surface area contributed by atoms with Gasteiger partial charge in [-0.05, 0) is 42.3 Å². The predicted molar refractivity (Wildman–Crippen MR) is 101 cm³/mol. The van der Waals surface area contributed by atoms with E-state index in [1.165, 1.54) is 42.7 Å². The zero-order valence-electron chi connectivity index (χ0n) is 14.5. The Morgan fingerprint density at radius 3 is 2.26 bits per heavy atom. The number of rotatable bonds is 6. The Kier molecular flexibility index (Phi) is 5.89. The highest BCUT2D eigenvalue weighted by atomic mass is 19.1. The molecule has 3 aromatic rings. The molecule has 0 spiro atoms. The summed E-state index contributed by atoms with van der Waals surface area (Å²) in [4.78, 5) is 28.5. The molecule has 136 valence electrons. The number of amides is 2. The van der Waals surface area contributed by atoms with Crippen molar-refractivity contribution in [3.8, 4) is 0 Å². The predicted octanol–water partition coefficient (Wildman–Crippen LogP) is 3.45.